The second-order valence-corrected chi connectivity index (χ2v) is 8.05. The van der Waals surface area contributed by atoms with Crippen molar-refractivity contribution in [2.24, 2.45) is 0 Å². The maximum absolute atomic E-state index is 12.6. The second-order valence-electron chi connectivity index (χ2n) is 5.21. The summed E-state index contributed by atoms with van der Waals surface area (Å²) in [5, 5.41) is 10.1. The number of rotatable bonds is 8. The minimum absolute atomic E-state index is 0.0532. The molecule has 1 unspecified atom stereocenters. The Morgan fingerprint density at radius 1 is 1.60 bits per heavy atom. The minimum atomic E-state index is -3.51. The molecule has 0 bridgehead atoms. The molecule has 0 aliphatic heterocycles. The molecule has 1 heterocycles. The Morgan fingerprint density at radius 3 is 2.90 bits per heavy atom. The first-order valence-corrected chi connectivity index (χ1v) is 9.52. The van der Waals surface area contributed by atoms with Crippen molar-refractivity contribution < 1.29 is 8.42 Å². The normalized spacial score (nSPS) is 17.6. The maximum Gasteiger partial charge on any atom is 0.260 e. The van der Waals surface area contributed by atoms with Crippen molar-refractivity contribution in [2.75, 3.05) is 19.1 Å². The molecule has 1 fully saturated rings. The number of aromatic amines is 1. The van der Waals surface area contributed by atoms with E-state index in [1.165, 1.54) is 17.1 Å². The average molecular weight is 318 g/mol. The van der Waals surface area contributed by atoms with E-state index in [2.05, 4.69) is 15.5 Å². The highest BCUT2D eigenvalue weighted by Gasteiger charge is 2.29. The van der Waals surface area contributed by atoms with Gasteiger partial charge in [0.15, 0.2) is 5.03 Å². The van der Waals surface area contributed by atoms with Crippen molar-refractivity contribution >= 4 is 21.8 Å². The largest absolute Gasteiger partial charge is 0.310 e. The molecule has 1 atom stereocenters. The van der Waals surface area contributed by atoms with Gasteiger partial charge in [0, 0.05) is 37.0 Å². The van der Waals surface area contributed by atoms with E-state index < -0.39 is 10.0 Å². The van der Waals surface area contributed by atoms with Gasteiger partial charge in [0.2, 0.25) is 0 Å². The molecular weight excluding hydrogens is 296 g/mol. The fourth-order valence-corrected chi connectivity index (χ4v) is 4.18. The molecule has 0 spiro atoms. The monoisotopic (exact) mass is 318 g/mol. The Bertz CT molecular complexity index is 539. The third-order valence-corrected chi connectivity index (χ3v) is 6.31. The van der Waals surface area contributed by atoms with E-state index in [0.29, 0.717) is 18.2 Å². The van der Waals surface area contributed by atoms with Gasteiger partial charge < -0.3 is 5.32 Å². The molecule has 114 valence electrons. The highest BCUT2D eigenvalue weighted by Crippen LogP contribution is 2.22. The average Bonchev–Trinajstić information content (AvgIpc) is 3.11. The summed E-state index contributed by atoms with van der Waals surface area (Å²) in [7, 11) is -1.89. The summed E-state index contributed by atoms with van der Waals surface area (Å²) in [6, 6.07) is 0.483. The van der Waals surface area contributed by atoms with Crippen LogP contribution in [0.5, 0.6) is 0 Å². The minimum Gasteiger partial charge on any atom is -0.310 e. The zero-order valence-corrected chi connectivity index (χ0v) is 13.7. The summed E-state index contributed by atoms with van der Waals surface area (Å²) in [6.45, 7) is 2.45. The predicted molar refractivity (Wildman–Crippen MR) is 81.2 cm³/mol. The molecule has 1 saturated carbocycles. The highest BCUT2D eigenvalue weighted by molar-refractivity contribution is 7.98. The summed E-state index contributed by atoms with van der Waals surface area (Å²) in [5.74, 6) is 0.763. The van der Waals surface area contributed by atoms with Gasteiger partial charge in [-0.05, 0) is 26.0 Å². The van der Waals surface area contributed by atoms with Gasteiger partial charge in [-0.15, -0.1) is 0 Å². The summed E-state index contributed by atoms with van der Waals surface area (Å²) < 4.78 is 26.6. The van der Waals surface area contributed by atoms with E-state index in [4.69, 9.17) is 0 Å². The molecule has 1 aliphatic rings. The number of aromatic nitrogens is 2. The van der Waals surface area contributed by atoms with Gasteiger partial charge in [0.05, 0.1) is 6.20 Å². The predicted octanol–water partition coefficient (Wildman–Crippen LogP) is 1.03. The molecule has 0 aromatic carbocycles. The summed E-state index contributed by atoms with van der Waals surface area (Å²) >= 11 is 1.63. The zero-order valence-electron chi connectivity index (χ0n) is 12.1. The third-order valence-electron chi connectivity index (χ3n) is 3.50. The van der Waals surface area contributed by atoms with Crippen LogP contribution in [0.25, 0.3) is 0 Å². The van der Waals surface area contributed by atoms with E-state index in [0.717, 1.165) is 5.75 Å². The van der Waals surface area contributed by atoms with Crippen molar-refractivity contribution in [3.05, 3.63) is 11.8 Å². The third kappa shape index (κ3) is 3.55. The fraction of sp³-hybridized carbons (Fsp3) is 0.750. The molecule has 2 N–H and O–H groups in total. The fourth-order valence-electron chi connectivity index (χ4n) is 1.92. The van der Waals surface area contributed by atoms with Gasteiger partial charge in [0.1, 0.15) is 0 Å². The molecule has 0 amide bonds. The second kappa shape index (κ2) is 6.46. The van der Waals surface area contributed by atoms with Crippen LogP contribution in [0.15, 0.2) is 11.2 Å². The number of nitrogens with zero attached hydrogens (tertiary/aromatic N) is 2. The van der Waals surface area contributed by atoms with E-state index in [1.54, 1.807) is 25.0 Å². The molecule has 1 aromatic rings. The Balaban J connectivity index is 2.13. The first-order chi connectivity index (χ1) is 9.46. The van der Waals surface area contributed by atoms with Crippen LogP contribution in [-0.4, -0.2) is 54.1 Å². The topological polar surface area (TPSA) is 78.1 Å². The van der Waals surface area contributed by atoms with Crippen molar-refractivity contribution in [1.82, 2.24) is 19.8 Å². The van der Waals surface area contributed by atoms with Gasteiger partial charge >= 0.3 is 0 Å². The standard InChI is InChI=1S/C12H22N4O2S2/c1-9(8-19-3)16(2)20(17,18)12-10(7-14-15-12)6-13-11-4-5-11/h7,9,11,13H,4-6,8H2,1-3H3,(H,14,15). The molecule has 1 aromatic heterocycles. The van der Waals surface area contributed by atoms with Gasteiger partial charge in [-0.1, -0.05) is 0 Å². The number of thioether (sulfide) groups is 1. The van der Waals surface area contributed by atoms with Gasteiger partial charge in [-0.3, -0.25) is 5.10 Å². The molecular formula is C12H22N4O2S2. The number of sulfonamides is 1. The quantitative estimate of drug-likeness (QED) is 0.749. The Hall–Kier alpha value is -0.570. The van der Waals surface area contributed by atoms with Crippen LogP contribution in [0.1, 0.15) is 25.3 Å². The van der Waals surface area contributed by atoms with Crippen molar-refractivity contribution in [3.8, 4) is 0 Å². The molecule has 20 heavy (non-hydrogen) atoms. The number of H-pyrrole nitrogens is 1. The van der Waals surface area contributed by atoms with E-state index in [1.807, 2.05) is 13.2 Å². The van der Waals surface area contributed by atoms with E-state index in [9.17, 15) is 8.42 Å². The van der Waals surface area contributed by atoms with Crippen LogP contribution in [0.4, 0.5) is 0 Å². The molecule has 0 radical (unpaired) electrons. The Kier molecular flexibility index (Phi) is 5.11. The van der Waals surface area contributed by atoms with Gasteiger partial charge in [0.25, 0.3) is 10.0 Å². The van der Waals surface area contributed by atoms with Gasteiger partial charge in [-0.2, -0.15) is 21.2 Å². The van der Waals surface area contributed by atoms with E-state index >= 15 is 0 Å². The number of nitrogens with one attached hydrogen (secondary N) is 2. The highest BCUT2D eigenvalue weighted by atomic mass is 32.2. The smallest absolute Gasteiger partial charge is 0.260 e. The van der Waals surface area contributed by atoms with E-state index in [-0.39, 0.29) is 11.1 Å². The molecule has 6 nitrogen and oxygen atoms in total. The molecule has 1 aliphatic carbocycles. The lowest BCUT2D eigenvalue weighted by Crippen LogP contribution is -2.37. The lowest BCUT2D eigenvalue weighted by molar-refractivity contribution is 0.412. The lowest BCUT2D eigenvalue weighted by Gasteiger charge is -2.23. The van der Waals surface area contributed by atoms with Crippen molar-refractivity contribution in [1.29, 1.82) is 0 Å². The van der Waals surface area contributed by atoms with Crippen molar-refractivity contribution in [2.45, 2.75) is 43.4 Å². The van der Waals surface area contributed by atoms with Crippen LogP contribution < -0.4 is 5.32 Å². The van der Waals surface area contributed by atoms with Crippen LogP contribution >= 0.6 is 11.8 Å². The molecule has 8 heteroatoms. The lowest BCUT2D eigenvalue weighted by atomic mass is 10.3. The maximum atomic E-state index is 12.6. The van der Waals surface area contributed by atoms with Gasteiger partial charge in [-0.25, -0.2) is 8.42 Å². The SMILES string of the molecule is CSCC(C)N(C)S(=O)(=O)c1[nH]ncc1CNC1CC1. The van der Waals surface area contributed by atoms with Crippen molar-refractivity contribution in [3.63, 3.8) is 0 Å². The summed E-state index contributed by atoms with van der Waals surface area (Å²) in [5.41, 5.74) is 0.708. The summed E-state index contributed by atoms with van der Waals surface area (Å²) in [6.07, 6.45) is 5.91. The first kappa shape index (κ1) is 15.8. The van der Waals surface area contributed by atoms with Crippen LogP contribution in [-0.2, 0) is 16.6 Å². The first-order valence-electron chi connectivity index (χ1n) is 6.69. The van der Waals surface area contributed by atoms with Crippen LogP contribution in [0.3, 0.4) is 0 Å². The Morgan fingerprint density at radius 2 is 2.30 bits per heavy atom. The number of hydrogen-bond donors (Lipinski definition) is 2. The number of hydrogen-bond acceptors (Lipinski definition) is 5. The summed E-state index contributed by atoms with van der Waals surface area (Å²) in [4.78, 5) is 0. The zero-order chi connectivity index (χ0) is 14.8. The molecule has 2 rings (SSSR count). The Labute approximate surface area is 124 Å². The van der Waals surface area contributed by atoms with Crippen LogP contribution in [0, 0.1) is 0 Å². The molecule has 0 saturated heterocycles. The van der Waals surface area contributed by atoms with Crippen LogP contribution in [0.2, 0.25) is 0 Å².